The zero-order chi connectivity index (χ0) is 20.7. The van der Waals surface area contributed by atoms with Gasteiger partial charge in [0.05, 0.1) is 11.3 Å². The number of hydrogen-bond acceptors (Lipinski definition) is 2. The van der Waals surface area contributed by atoms with Gasteiger partial charge in [-0.2, -0.15) is 31.4 Å². The molecule has 3 aromatic rings. The van der Waals surface area contributed by atoms with E-state index in [-0.39, 0.29) is 17.7 Å². The summed E-state index contributed by atoms with van der Waals surface area (Å²) in [6.45, 7) is 1.51. The molecule has 0 aliphatic heterocycles. The smallest absolute Gasteiger partial charge is 0.230 e. The molecule has 0 bridgehead atoms. The molecule has 0 saturated carbocycles. The van der Waals surface area contributed by atoms with Crippen LogP contribution in [0.1, 0.15) is 28.1 Å². The molecule has 2 aromatic heterocycles. The van der Waals surface area contributed by atoms with E-state index in [1.165, 1.54) is 19.1 Å². The van der Waals surface area contributed by atoms with Crippen LogP contribution in [0, 0.1) is 12.7 Å². The Hall–Kier alpha value is -2.91. The van der Waals surface area contributed by atoms with Gasteiger partial charge in [0, 0.05) is 12.6 Å². The lowest BCUT2D eigenvalue weighted by Crippen LogP contribution is -2.10. The molecule has 0 unspecified atom stereocenters. The molecule has 0 aliphatic carbocycles. The number of benzene rings is 1. The third-order valence-corrected chi connectivity index (χ3v) is 3.98. The first-order chi connectivity index (χ1) is 12.9. The maximum Gasteiger partial charge on any atom is 0.435 e. The number of halogens is 7. The van der Waals surface area contributed by atoms with Crippen molar-refractivity contribution in [3.05, 3.63) is 76.5 Å². The standard InChI is InChI=1S/C18H12F7N3/c1-10-7-13(19)16(28-6-5-15(27-28)18(23,24)25)26-14(10)9-11-3-2-4-12(8-11)17(20,21)22/h2-8H,9H2,1H3. The van der Waals surface area contributed by atoms with Gasteiger partial charge in [-0.25, -0.2) is 14.1 Å². The van der Waals surface area contributed by atoms with E-state index < -0.39 is 35.2 Å². The highest BCUT2D eigenvalue weighted by Gasteiger charge is 2.34. The summed E-state index contributed by atoms with van der Waals surface area (Å²) in [4.78, 5) is 4.00. The van der Waals surface area contributed by atoms with E-state index >= 15 is 0 Å². The highest BCUT2D eigenvalue weighted by atomic mass is 19.4. The van der Waals surface area contributed by atoms with Gasteiger partial charge in [-0.05, 0) is 36.2 Å². The molecule has 10 heteroatoms. The van der Waals surface area contributed by atoms with Crippen molar-refractivity contribution in [3.8, 4) is 5.82 Å². The second kappa shape index (κ2) is 6.92. The Kier molecular flexibility index (Phi) is 4.90. The molecular formula is C18H12F7N3. The fourth-order valence-electron chi connectivity index (χ4n) is 2.59. The maximum atomic E-state index is 14.2. The van der Waals surface area contributed by atoms with Crippen LogP contribution in [0.2, 0.25) is 0 Å². The van der Waals surface area contributed by atoms with E-state index in [0.717, 1.165) is 24.4 Å². The van der Waals surface area contributed by atoms with Gasteiger partial charge in [0.2, 0.25) is 0 Å². The first-order valence-electron chi connectivity index (χ1n) is 7.90. The van der Waals surface area contributed by atoms with Crippen LogP contribution < -0.4 is 0 Å². The minimum absolute atomic E-state index is 0.0591. The quantitative estimate of drug-likeness (QED) is 0.553. The molecule has 28 heavy (non-hydrogen) atoms. The Balaban J connectivity index is 1.98. The minimum Gasteiger partial charge on any atom is -0.230 e. The summed E-state index contributed by atoms with van der Waals surface area (Å²) in [5.74, 6) is -1.37. The molecule has 3 nitrogen and oxygen atoms in total. The highest BCUT2D eigenvalue weighted by Crippen LogP contribution is 2.31. The Bertz CT molecular complexity index is 1000. The zero-order valence-electron chi connectivity index (χ0n) is 14.2. The number of rotatable bonds is 3. The number of nitrogens with zero attached hydrogens (tertiary/aromatic N) is 3. The Morgan fingerprint density at radius 3 is 2.29 bits per heavy atom. The average Bonchev–Trinajstić information content (AvgIpc) is 3.07. The van der Waals surface area contributed by atoms with Gasteiger partial charge < -0.3 is 0 Å². The van der Waals surface area contributed by atoms with Crippen LogP contribution in [-0.4, -0.2) is 14.8 Å². The SMILES string of the molecule is Cc1cc(F)c(-n2ccc(C(F)(F)F)n2)nc1Cc1cccc(C(F)(F)F)c1. The summed E-state index contributed by atoms with van der Waals surface area (Å²) in [5, 5.41) is 3.28. The van der Waals surface area contributed by atoms with E-state index in [9.17, 15) is 30.7 Å². The summed E-state index contributed by atoms with van der Waals surface area (Å²) < 4.78 is 91.5. The Morgan fingerprint density at radius 1 is 0.964 bits per heavy atom. The summed E-state index contributed by atoms with van der Waals surface area (Å²) in [5.41, 5.74) is -1.21. The molecule has 0 aliphatic rings. The van der Waals surface area contributed by atoms with Crippen molar-refractivity contribution in [2.45, 2.75) is 25.7 Å². The van der Waals surface area contributed by atoms with Crippen LogP contribution in [0.5, 0.6) is 0 Å². The van der Waals surface area contributed by atoms with E-state index in [0.29, 0.717) is 16.3 Å². The number of aromatic nitrogens is 3. The van der Waals surface area contributed by atoms with Crippen LogP contribution in [0.4, 0.5) is 30.7 Å². The lowest BCUT2D eigenvalue weighted by Gasteiger charge is -2.12. The number of alkyl halides is 6. The van der Waals surface area contributed by atoms with E-state index in [1.807, 2.05) is 0 Å². The molecule has 2 heterocycles. The van der Waals surface area contributed by atoms with Gasteiger partial charge in [-0.3, -0.25) is 0 Å². The number of pyridine rings is 1. The van der Waals surface area contributed by atoms with Crippen LogP contribution in [-0.2, 0) is 18.8 Å². The highest BCUT2D eigenvalue weighted by molar-refractivity contribution is 5.36. The summed E-state index contributed by atoms with van der Waals surface area (Å²) >= 11 is 0. The van der Waals surface area contributed by atoms with Gasteiger partial charge in [-0.15, -0.1) is 0 Å². The summed E-state index contributed by atoms with van der Waals surface area (Å²) in [6, 6.07) is 6.28. The van der Waals surface area contributed by atoms with Crippen molar-refractivity contribution in [2.75, 3.05) is 0 Å². The van der Waals surface area contributed by atoms with Crippen molar-refractivity contribution in [2.24, 2.45) is 0 Å². The monoisotopic (exact) mass is 403 g/mol. The molecule has 0 fully saturated rings. The molecular weight excluding hydrogens is 391 g/mol. The molecule has 0 radical (unpaired) electrons. The molecule has 0 spiro atoms. The van der Waals surface area contributed by atoms with Crippen LogP contribution in [0.3, 0.4) is 0 Å². The van der Waals surface area contributed by atoms with Crippen molar-refractivity contribution >= 4 is 0 Å². The van der Waals surface area contributed by atoms with Crippen molar-refractivity contribution in [3.63, 3.8) is 0 Å². The third kappa shape index (κ3) is 4.15. The zero-order valence-corrected chi connectivity index (χ0v) is 14.2. The van der Waals surface area contributed by atoms with Crippen molar-refractivity contribution < 1.29 is 30.7 Å². The lowest BCUT2D eigenvalue weighted by atomic mass is 10.0. The van der Waals surface area contributed by atoms with Crippen LogP contribution in [0.25, 0.3) is 5.82 Å². The number of hydrogen-bond donors (Lipinski definition) is 0. The Labute approximate surface area is 154 Å². The van der Waals surface area contributed by atoms with Crippen molar-refractivity contribution in [1.82, 2.24) is 14.8 Å². The van der Waals surface area contributed by atoms with Gasteiger partial charge in [0.25, 0.3) is 0 Å². The minimum atomic E-state index is -4.70. The Morgan fingerprint density at radius 2 is 1.68 bits per heavy atom. The van der Waals surface area contributed by atoms with Gasteiger partial charge in [-0.1, -0.05) is 18.2 Å². The van der Waals surface area contributed by atoms with Crippen molar-refractivity contribution in [1.29, 1.82) is 0 Å². The molecule has 3 rings (SSSR count). The maximum absolute atomic E-state index is 14.2. The van der Waals surface area contributed by atoms with Crippen LogP contribution in [0.15, 0.2) is 42.6 Å². The van der Waals surface area contributed by atoms with Gasteiger partial charge in [0.15, 0.2) is 17.3 Å². The number of aryl methyl sites for hydroxylation is 1. The molecule has 0 amide bonds. The first-order valence-corrected chi connectivity index (χ1v) is 7.90. The average molecular weight is 403 g/mol. The summed E-state index contributed by atoms with van der Waals surface area (Å²) in [6.07, 6.45) is -8.36. The largest absolute Gasteiger partial charge is 0.435 e. The summed E-state index contributed by atoms with van der Waals surface area (Å²) in [7, 11) is 0. The fraction of sp³-hybridized carbons (Fsp3) is 0.222. The molecule has 1 aromatic carbocycles. The molecule has 0 saturated heterocycles. The molecule has 0 N–H and O–H groups in total. The second-order valence-corrected chi connectivity index (χ2v) is 6.08. The fourth-order valence-corrected chi connectivity index (χ4v) is 2.59. The normalized spacial score (nSPS) is 12.4. The predicted molar refractivity (Wildman–Crippen MR) is 85.3 cm³/mol. The topological polar surface area (TPSA) is 30.7 Å². The predicted octanol–water partition coefficient (Wildman–Crippen LogP) is 5.34. The second-order valence-electron chi connectivity index (χ2n) is 6.08. The van der Waals surface area contributed by atoms with Crippen LogP contribution >= 0.6 is 0 Å². The van der Waals surface area contributed by atoms with E-state index in [4.69, 9.17) is 0 Å². The first kappa shape index (κ1) is 19.8. The molecule has 0 atom stereocenters. The third-order valence-electron chi connectivity index (χ3n) is 3.98. The van der Waals surface area contributed by atoms with E-state index in [2.05, 4.69) is 10.1 Å². The lowest BCUT2D eigenvalue weighted by molar-refractivity contribution is -0.141. The van der Waals surface area contributed by atoms with Gasteiger partial charge in [0.1, 0.15) is 0 Å². The van der Waals surface area contributed by atoms with Gasteiger partial charge >= 0.3 is 12.4 Å². The van der Waals surface area contributed by atoms with E-state index in [1.54, 1.807) is 0 Å². The molecule has 148 valence electrons.